The Morgan fingerprint density at radius 2 is 1.34 bits per heavy atom. The highest BCUT2D eigenvalue weighted by Gasteiger charge is 2.43. The number of amides is 2. The van der Waals surface area contributed by atoms with Crippen molar-refractivity contribution in [1.82, 2.24) is 10.2 Å². The number of aryl methyl sites for hydroxylation is 1. The summed E-state index contributed by atoms with van der Waals surface area (Å²) in [6.45, 7) is 1.79. The highest BCUT2D eigenvalue weighted by molar-refractivity contribution is 5.95. The van der Waals surface area contributed by atoms with E-state index in [1.54, 1.807) is 0 Å². The molecule has 164 valence electrons. The van der Waals surface area contributed by atoms with E-state index in [2.05, 4.69) is 17.4 Å². The summed E-state index contributed by atoms with van der Waals surface area (Å²) in [5, 5.41) is 3.20. The summed E-state index contributed by atoms with van der Waals surface area (Å²) in [7, 11) is 0. The number of nitrogens with zero attached hydrogens (tertiary/aromatic N) is 1. The second kappa shape index (κ2) is 10.3. The molecule has 0 unspecified atom stereocenters. The third-order valence-corrected chi connectivity index (χ3v) is 6.46. The van der Waals surface area contributed by atoms with Crippen molar-refractivity contribution in [1.29, 1.82) is 0 Å². The number of hydrogen-bond donors (Lipinski definition) is 1. The molecule has 1 aliphatic heterocycles. The average Bonchev–Trinajstić information content (AvgIpc) is 2.88. The van der Waals surface area contributed by atoms with Gasteiger partial charge in [0.2, 0.25) is 5.91 Å². The summed E-state index contributed by atoms with van der Waals surface area (Å²) in [5.74, 6) is 0.110. The average molecular weight is 427 g/mol. The molecule has 0 saturated carbocycles. The predicted molar refractivity (Wildman–Crippen MR) is 127 cm³/mol. The first-order valence-corrected chi connectivity index (χ1v) is 11.4. The van der Waals surface area contributed by atoms with Crippen LogP contribution in [0.1, 0.15) is 40.7 Å². The van der Waals surface area contributed by atoms with Gasteiger partial charge in [0, 0.05) is 25.2 Å². The van der Waals surface area contributed by atoms with Crippen molar-refractivity contribution in [2.75, 3.05) is 19.6 Å². The molecule has 1 N–H and O–H groups in total. The van der Waals surface area contributed by atoms with Crippen molar-refractivity contribution in [3.8, 4) is 0 Å². The van der Waals surface area contributed by atoms with E-state index in [4.69, 9.17) is 0 Å². The fourth-order valence-electron chi connectivity index (χ4n) is 4.57. The van der Waals surface area contributed by atoms with Crippen LogP contribution in [-0.4, -0.2) is 36.3 Å². The first-order valence-electron chi connectivity index (χ1n) is 11.4. The number of piperidine rings is 1. The van der Waals surface area contributed by atoms with Gasteiger partial charge in [-0.3, -0.25) is 9.59 Å². The summed E-state index contributed by atoms with van der Waals surface area (Å²) in [4.78, 5) is 28.2. The van der Waals surface area contributed by atoms with Gasteiger partial charge in [-0.05, 0) is 48.9 Å². The summed E-state index contributed by atoms with van der Waals surface area (Å²) >= 11 is 0. The van der Waals surface area contributed by atoms with E-state index in [9.17, 15) is 9.59 Å². The van der Waals surface area contributed by atoms with Gasteiger partial charge in [-0.1, -0.05) is 78.9 Å². The molecule has 0 aromatic heterocycles. The van der Waals surface area contributed by atoms with Crippen molar-refractivity contribution in [3.05, 3.63) is 108 Å². The highest BCUT2D eigenvalue weighted by Crippen LogP contribution is 2.36. The second-order valence-corrected chi connectivity index (χ2v) is 8.45. The minimum absolute atomic E-state index is 0.0375. The Kier molecular flexibility index (Phi) is 7.00. The van der Waals surface area contributed by atoms with E-state index in [0.717, 1.165) is 18.4 Å². The lowest BCUT2D eigenvalue weighted by Gasteiger charge is -2.41. The zero-order valence-electron chi connectivity index (χ0n) is 18.4. The summed E-state index contributed by atoms with van der Waals surface area (Å²) in [6, 6.07) is 29.7. The molecule has 4 heteroatoms. The topological polar surface area (TPSA) is 49.4 Å². The standard InChI is InChI=1S/C28H30N2O2/c31-26(24-14-6-2-7-15-24)30-21-18-28(19-22-30,25-16-8-3-9-17-25)27(32)29-20-10-13-23-11-4-1-5-12-23/h1-9,11-12,14-17H,10,13,18-22H2,(H,29,32). The number of likely N-dealkylation sites (tertiary alicyclic amines) is 1. The zero-order chi connectivity index (χ0) is 22.2. The molecule has 0 bridgehead atoms. The van der Waals surface area contributed by atoms with Gasteiger partial charge in [0.25, 0.3) is 5.91 Å². The number of carbonyl (C=O) groups is 2. The maximum atomic E-state index is 13.5. The molecule has 1 fully saturated rings. The molecule has 1 aliphatic rings. The normalized spacial score (nSPS) is 15.2. The Labute approximate surface area is 190 Å². The highest BCUT2D eigenvalue weighted by atomic mass is 16.2. The molecule has 1 heterocycles. The van der Waals surface area contributed by atoms with E-state index in [-0.39, 0.29) is 11.8 Å². The first kappa shape index (κ1) is 21.8. The van der Waals surface area contributed by atoms with Gasteiger partial charge >= 0.3 is 0 Å². The molecule has 4 nitrogen and oxygen atoms in total. The van der Waals surface area contributed by atoms with Crippen LogP contribution in [0.2, 0.25) is 0 Å². The molecule has 0 atom stereocenters. The lowest BCUT2D eigenvalue weighted by atomic mass is 9.72. The van der Waals surface area contributed by atoms with Crippen LogP contribution in [0, 0.1) is 0 Å². The van der Waals surface area contributed by atoms with Crippen molar-refractivity contribution >= 4 is 11.8 Å². The van der Waals surface area contributed by atoms with Crippen molar-refractivity contribution in [2.24, 2.45) is 0 Å². The molecule has 1 saturated heterocycles. The van der Waals surface area contributed by atoms with E-state index < -0.39 is 5.41 Å². The van der Waals surface area contributed by atoms with Crippen molar-refractivity contribution in [3.63, 3.8) is 0 Å². The molecule has 32 heavy (non-hydrogen) atoms. The van der Waals surface area contributed by atoms with Crippen molar-refractivity contribution in [2.45, 2.75) is 31.1 Å². The Balaban J connectivity index is 1.42. The Morgan fingerprint density at radius 3 is 1.97 bits per heavy atom. The number of carbonyl (C=O) groups excluding carboxylic acids is 2. The van der Waals surface area contributed by atoms with Crippen molar-refractivity contribution < 1.29 is 9.59 Å². The molecular formula is C28H30N2O2. The number of hydrogen-bond acceptors (Lipinski definition) is 2. The van der Waals surface area contributed by atoms with Gasteiger partial charge in [-0.15, -0.1) is 0 Å². The molecule has 0 aliphatic carbocycles. The monoisotopic (exact) mass is 426 g/mol. The Morgan fingerprint density at radius 1 is 0.781 bits per heavy atom. The SMILES string of the molecule is O=C(c1ccccc1)N1CCC(C(=O)NCCCc2ccccc2)(c2ccccc2)CC1. The lowest BCUT2D eigenvalue weighted by molar-refractivity contribution is -0.128. The smallest absolute Gasteiger partial charge is 0.253 e. The molecule has 0 spiro atoms. The van der Waals surface area contributed by atoms with Crippen LogP contribution in [0.5, 0.6) is 0 Å². The van der Waals surface area contributed by atoms with Crippen LogP contribution in [0.3, 0.4) is 0 Å². The third kappa shape index (κ3) is 4.91. The van der Waals surface area contributed by atoms with E-state index in [1.807, 2.05) is 83.8 Å². The molecule has 2 amide bonds. The first-order chi connectivity index (χ1) is 15.7. The summed E-state index contributed by atoms with van der Waals surface area (Å²) < 4.78 is 0. The van der Waals surface area contributed by atoms with Crippen LogP contribution >= 0.6 is 0 Å². The summed E-state index contributed by atoms with van der Waals surface area (Å²) in [5.41, 5.74) is 2.42. The predicted octanol–water partition coefficient (Wildman–Crippen LogP) is 4.61. The number of benzene rings is 3. The second-order valence-electron chi connectivity index (χ2n) is 8.45. The maximum absolute atomic E-state index is 13.5. The van der Waals surface area contributed by atoms with E-state index in [1.165, 1.54) is 5.56 Å². The summed E-state index contributed by atoms with van der Waals surface area (Å²) in [6.07, 6.45) is 3.10. The fraction of sp³-hybridized carbons (Fsp3) is 0.286. The molecular weight excluding hydrogens is 396 g/mol. The third-order valence-electron chi connectivity index (χ3n) is 6.46. The minimum atomic E-state index is -0.596. The Hall–Kier alpha value is -3.40. The lowest BCUT2D eigenvalue weighted by Crippen LogP contribution is -2.53. The number of nitrogens with one attached hydrogen (secondary N) is 1. The number of rotatable bonds is 7. The van der Waals surface area contributed by atoms with Crippen LogP contribution < -0.4 is 5.32 Å². The quantitative estimate of drug-likeness (QED) is 0.561. The van der Waals surface area contributed by atoms with Crippen LogP contribution in [-0.2, 0) is 16.6 Å². The maximum Gasteiger partial charge on any atom is 0.253 e. The van der Waals surface area contributed by atoms with Gasteiger partial charge in [-0.25, -0.2) is 0 Å². The molecule has 3 aromatic carbocycles. The van der Waals surface area contributed by atoms with Gasteiger partial charge in [0.15, 0.2) is 0 Å². The zero-order valence-corrected chi connectivity index (χ0v) is 18.4. The minimum Gasteiger partial charge on any atom is -0.355 e. The Bertz CT molecular complexity index is 1010. The largest absolute Gasteiger partial charge is 0.355 e. The molecule has 3 aromatic rings. The molecule has 0 radical (unpaired) electrons. The van der Waals surface area contributed by atoms with Gasteiger partial charge in [0.05, 0.1) is 5.41 Å². The van der Waals surface area contributed by atoms with E-state index in [0.29, 0.717) is 38.0 Å². The van der Waals surface area contributed by atoms with E-state index >= 15 is 0 Å². The van der Waals surface area contributed by atoms with Gasteiger partial charge < -0.3 is 10.2 Å². The van der Waals surface area contributed by atoms with Crippen LogP contribution in [0.4, 0.5) is 0 Å². The van der Waals surface area contributed by atoms with Crippen LogP contribution in [0.15, 0.2) is 91.0 Å². The van der Waals surface area contributed by atoms with Crippen LogP contribution in [0.25, 0.3) is 0 Å². The van der Waals surface area contributed by atoms with Gasteiger partial charge in [0.1, 0.15) is 0 Å². The van der Waals surface area contributed by atoms with Gasteiger partial charge in [-0.2, -0.15) is 0 Å². The fourth-order valence-corrected chi connectivity index (χ4v) is 4.57. The molecule has 4 rings (SSSR count).